The van der Waals surface area contributed by atoms with Crippen LogP contribution >= 0.6 is 0 Å². The van der Waals surface area contributed by atoms with Gasteiger partial charge in [-0.25, -0.2) is 4.79 Å². The minimum Gasteiger partial charge on any atom is -0.467 e. The third-order valence-electron chi connectivity index (χ3n) is 3.13. The normalized spacial score (nSPS) is 21.4. The Hall–Kier alpha value is -1.10. The zero-order valence-corrected chi connectivity index (χ0v) is 10.9. The van der Waals surface area contributed by atoms with E-state index in [1.807, 2.05) is 13.8 Å². The predicted molar refractivity (Wildman–Crippen MR) is 64.5 cm³/mol. The third-order valence-corrected chi connectivity index (χ3v) is 3.13. The molecule has 0 spiro atoms. The maximum absolute atomic E-state index is 12.2. The van der Waals surface area contributed by atoms with Gasteiger partial charge in [0.1, 0.15) is 6.04 Å². The van der Waals surface area contributed by atoms with Gasteiger partial charge in [0.25, 0.3) is 0 Å². The second-order valence-corrected chi connectivity index (χ2v) is 4.42. The smallest absolute Gasteiger partial charge is 0.328 e. The van der Waals surface area contributed by atoms with E-state index in [2.05, 4.69) is 5.32 Å². The van der Waals surface area contributed by atoms with Gasteiger partial charge in [-0.2, -0.15) is 0 Å². The molecule has 0 bridgehead atoms. The summed E-state index contributed by atoms with van der Waals surface area (Å²) in [6.45, 7) is 6.05. The number of methoxy groups -OCH3 is 1. The van der Waals surface area contributed by atoms with E-state index < -0.39 is 0 Å². The van der Waals surface area contributed by atoms with Crippen LogP contribution in [0.15, 0.2) is 0 Å². The summed E-state index contributed by atoms with van der Waals surface area (Å²) in [5.41, 5.74) is 0. The largest absolute Gasteiger partial charge is 0.467 e. The SMILES string of the molecule is CCNCC(C)C(=O)N1CCCC1C(=O)OC. The number of amides is 1. The van der Waals surface area contributed by atoms with Crippen molar-refractivity contribution in [2.45, 2.75) is 32.7 Å². The summed E-state index contributed by atoms with van der Waals surface area (Å²) in [6.07, 6.45) is 1.59. The Balaban J connectivity index is 2.58. The lowest BCUT2D eigenvalue weighted by Crippen LogP contribution is -2.45. The van der Waals surface area contributed by atoms with Crippen LogP contribution in [0.25, 0.3) is 0 Å². The summed E-state index contributed by atoms with van der Waals surface area (Å²) in [5, 5.41) is 3.15. The fraction of sp³-hybridized carbons (Fsp3) is 0.833. The average Bonchev–Trinajstić information content (AvgIpc) is 2.82. The first-order valence-corrected chi connectivity index (χ1v) is 6.20. The van der Waals surface area contributed by atoms with Gasteiger partial charge >= 0.3 is 5.97 Å². The molecule has 1 fully saturated rings. The van der Waals surface area contributed by atoms with Crippen LogP contribution in [0.3, 0.4) is 0 Å². The van der Waals surface area contributed by atoms with Gasteiger partial charge in [-0.1, -0.05) is 13.8 Å². The van der Waals surface area contributed by atoms with Crippen LogP contribution < -0.4 is 5.32 Å². The summed E-state index contributed by atoms with van der Waals surface area (Å²) in [7, 11) is 1.37. The second kappa shape index (κ2) is 6.59. The molecule has 2 atom stereocenters. The van der Waals surface area contributed by atoms with Crippen LogP contribution in [0.1, 0.15) is 26.7 Å². The van der Waals surface area contributed by atoms with Crippen molar-refractivity contribution < 1.29 is 14.3 Å². The number of nitrogens with one attached hydrogen (secondary N) is 1. The Morgan fingerprint density at radius 3 is 2.82 bits per heavy atom. The number of nitrogens with zero attached hydrogens (tertiary/aromatic N) is 1. The molecule has 1 aliphatic heterocycles. The van der Waals surface area contributed by atoms with E-state index in [0.29, 0.717) is 19.5 Å². The van der Waals surface area contributed by atoms with E-state index >= 15 is 0 Å². The number of carbonyl (C=O) groups excluding carboxylic acids is 2. The monoisotopic (exact) mass is 242 g/mol. The fourth-order valence-corrected chi connectivity index (χ4v) is 2.14. The van der Waals surface area contributed by atoms with Crippen LogP contribution in [0, 0.1) is 5.92 Å². The van der Waals surface area contributed by atoms with Crippen molar-refractivity contribution >= 4 is 11.9 Å². The maximum atomic E-state index is 12.2. The summed E-state index contributed by atoms with van der Waals surface area (Å²) in [4.78, 5) is 25.4. The second-order valence-electron chi connectivity index (χ2n) is 4.42. The van der Waals surface area contributed by atoms with Gasteiger partial charge < -0.3 is 15.0 Å². The lowest BCUT2D eigenvalue weighted by molar-refractivity contribution is -0.152. The van der Waals surface area contributed by atoms with Crippen LogP contribution in [0.4, 0.5) is 0 Å². The van der Waals surface area contributed by atoms with Gasteiger partial charge in [-0.3, -0.25) is 4.79 Å². The Kier molecular flexibility index (Phi) is 5.41. The van der Waals surface area contributed by atoms with Gasteiger partial charge in [-0.05, 0) is 19.4 Å². The van der Waals surface area contributed by atoms with Crippen LogP contribution in [-0.2, 0) is 14.3 Å². The van der Waals surface area contributed by atoms with Gasteiger partial charge in [0.2, 0.25) is 5.91 Å². The van der Waals surface area contributed by atoms with E-state index in [0.717, 1.165) is 13.0 Å². The Morgan fingerprint density at radius 2 is 2.24 bits per heavy atom. The minimum absolute atomic E-state index is 0.0406. The zero-order chi connectivity index (χ0) is 12.8. The average molecular weight is 242 g/mol. The molecule has 2 unspecified atom stereocenters. The van der Waals surface area contributed by atoms with Crippen molar-refractivity contribution in [3.63, 3.8) is 0 Å². The van der Waals surface area contributed by atoms with E-state index in [1.165, 1.54) is 7.11 Å². The van der Waals surface area contributed by atoms with Crippen molar-refractivity contribution in [2.24, 2.45) is 5.92 Å². The van der Waals surface area contributed by atoms with E-state index in [-0.39, 0.29) is 23.8 Å². The number of hydrogen-bond donors (Lipinski definition) is 1. The van der Waals surface area contributed by atoms with Crippen LogP contribution in [0.5, 0.6) is 0 Å². The molecular formula is C12H22N2O3. The lowest BCUT2D eigenvalue weighted by atomic mass is 10.1. The molecule has 0 aliphatic carbocycles. The molecule has 1 heterocycles. The highest BCUT2D eigenvalue weighted by Crippen LogP contribution is 2.20. The van der Waals surface area contributed by atoms with Gasteiger partial charge in [0.05, 0.1) is 7.11 Å². The molecule has 1 amide bonds. The van der Waals surface area contributed by atoms with Gasteiger partial charge in [0.15, 0.2) is 0 Å². The molecule has 0 aromatic heterocycles. The van der Waals surface area contributed by atoms with Crippen molar-refractivity contribution in [3.8, 4) is 0 Å². The Bertz CT molecular complexity index is 281. The highest BCUT2D eigenvalue weighted by atomic mass is 16.5. The first kappa shape index (κ1) is 14.0. The molecule has 0 aromatic carbocycles. The lowest BCUT2D eigenvalue weighted by Gasteiger charge is -2.25. The zero-order valence-electron chi connectivity index (χ0n) is 10.9. The van der Waals surface area contributed by atoms with Crippen molar-refractivity contribution in [3.05, 3.63) is 0 Å². The number of likely N-dealkylation sites (tertiary alicyclic amines) is 1. The molecular weight excluding hydrogens is 220 g/mol. The summed E-state index contributed by atoms with van der Waals surface area (Å²) in [5.74, 6) is -0.356. The number of esters is 1. The van der Waals surface area contributed by atoms with Crippen molar-refractivity contribution in [2.75, 3.05) is 26.7 Å². The third kappa shape index (κ3) is 3.43. The number of hydrogen-bond acceptors (Lipinski definition) is 4. The number of ether oxygens (including phenoxy) is 1. The van der Waals surface area contributed by atoms with E-state index in [9.17, 15) is 9.59 Å². The van der Waals surface area contributed by atoms with E-state index in [4.69, 9.17) is 4.74 Å². The highest BCUT2D eigenvalue weighted by molar-refractivity contribution is 5.86. The summed E-state index contributed by atoms with van der Waals surface area (Å²) >= 11 is 0. The molecule has 1 N–H and O–H groups in total. The highest BCUT2D eigenvalue weighted by Gasteiger charge is 2.36. The number of carbonyl (C=O) groups is 2. The molecule has 98 valence electrons. The van der Waals surface area contributed by atoms with Crippen LogP contribution in [0.2, 0.25) is 0 Å². The van der Waals surface area contributed by atoms with E-state index in [1.54, 1.807) is 4.90 Å². The molecule has 0 aromatic rings. The van der Waals surface area contributed by atoms with Crippen LogP contribution in [-0.4, -0.2) is 49.6 Å². The summed E-state index contributed by atoms with van der Waals surface area (Å²) < 4.78 is 4.73. The molecule has 5 nitrogen and oxygen atoms in total. The molecule has 5 heteroatoms. The molecule has 1 rings (SSSR count). The summed E-state index contributed by atoms with van der Waals surface area (Å²) in [6, 6.07) is -0.378. The Labute approximate surface area is 102 Å². The first-order chi connectivity index (χ1) is 8.11. The molecule has 17 heavy (non-hydrogen) atoms. The maximum Gasteiger partial charge on any atom is 0.328 e. The first-order valence-electron chi connectivity index (χ1n) is 6.20. The standard InChI is InChI=1S/C12H22N2O3/c1-4-13-8-9(2)11(15)14-7-5-6-10(14)12(16)17-3/h9-10,13H,4-8H2,1-3H3. The van der Waals surface area contributed by atoms with Crippen molar-refractivity contribution in [1.82, 2.24) is 10.2 Å². The topological polar surface area (TPSA) is 58.6 Å². The number of rotatable bonds is 5. The quantitative estimate of drug-likeness (QED) is 0.709. The fourth-order valence-electron chi connectivity index (χ4n) is 2.14. The van der Waals surface area contributed by atoms with Gasteiger partial charge in [0, 0.05) is 19.0 Å². The predicted octanol–water partition coefficient (Wildman–Crippen LogP) is 0.396. The molecule has 1 saturated heterocycles. The van der Waals surface area contributed by atoms with Crippen molar-refractivity contribution in [1.29, 1.82) is 0 Å². The minimum atomic E-state index is -0.378. The molecule has 1 aliphatic rings. The molecule has 0 radical (unpaired) electrons. The van der Waals surface area contributed by atoms with Gasteiger partial charge in [-0.15, -0.1) is 0 Å². The Morgan fingerprint density at radius 1 is 1.53 bits per heavy atom. The molecule has 0 saturated carbocycles.